The Labute approximate surface area is 213 Å². The highest BCUT2D eigenvalue weighted by molar-refractivity contribution is 6.18. The monoisotopic (exact) mass is 507 g/mol. The van der Waals surface area contributed by atoms with Gasteiger partial charge in [-0.15, -0.1) is 0 Å². The topological polar surface area (TPSA) is 125 Å². The van der Waals surface area contributed by atoms with Crippen LogP contribution in [0.4, 0.5) is 0 Å². The van der Waals surface area contributed by atoms with E-state index in [9.17, 15) is 24.9 Å². The molecule has 1 fully saturated rings. The van der Waals surface area contributed by atoms with Crippen molar-refractivity contribution >= 4 is 28.7 Å². The number of fused-ring (bicyclic) bond motifs is 2. The second-order valence-corrected chi connectivity index (χ2v) is 9.52. The number of methoxy groups -OCH3 is 1. The number of carbonyl (C=O) groups is 2. The molecule has 5 rings (SSSR count). The Kier molecular flexibility index (Phi) is 6.30. The van der Waals surface area contributed by atoms with E-state index in [-0.39, 0.29) is 40.6 Å². The molecule has 3 aromatic rings. The molecule has 37 heavy (non-hydrogen) atoms. The summed E-state index contributed by atoms with van der Waals surface area (Å²) >= 11 is 0. The van der Waals surface area contributed by atoms with E-state index in [1.54, 1.807) is 27.3 Å². The molecule has 0 saturated carbocycles. The lowest BCUT2D eigenvalue weighted by Gasteiger charge is -2.19. The zero-order chi connectivity index (χ0) is 26.4. The number of aromatic nitrogens is 1. The largest absolute Gasteiger partial charge is 0.508 e. The van der Waals surface area contributed by atoms with E-state index < -0.39 is 5.78 Å². The number of likely N-dealkylation sites (tertiary alicyclic amines) is 1. The fourth-order valence-corrected chi connectivity index (χ4v) is 4.97. The summed E-state index contributed by atoms with van der Waals surface area (Å²) in [5.74, 6) is -0.874. The van der Waals surface area contributed by atoms with Crippen LogP contribution < -0.4 is 9.47 Å². The summed E-state index contributed by atoms with van der Waals surface area (Å²) < 4.78 is 13.1. The third-order valence-corrected chi connectivity index (χ3v) is 6.82. The van der Waals surface area contributed by atoms with E-state index >= 15 is 0 Å². The number of amides is 1. The highest BCUT2D eigenvalue weighted by Gasteiger charge is 2.33. The third kappa shape index (κ3) is 4.38. The molecule has 1 saturated heterocycles. The number of nitrogens with zero attached hydrogens (tertiary/aromatic N) is 3. The number of rotatable bonds is 6. The van der Waals surface area contributed by atoms with E-state index in [0.717, 1.165) is 18.1 Å². The number of benzene rings is 2. The quantitative estimate of drug-likeness (QED) is 0.435. The van der Waals surface area contributed by atoms with Crippen LogP contribution in [0.25, 0.3) is 17.0 Å². The molecular formula is C27H29N3O7. The minimum Gasteiger partial charge on any atom is -0.508 e. The lowest BCUT2D eigenvalue weighted by Crippen LogP contribution is -2.29. The number of hydrogen-bond donors (Lipinski definition) is 3. The number of ether oxygens (including phenoxy) is 2. The number of phenols is 2. The number of aliphatic hydroxyl groups is 1. The van der Waals surface area contributed by atoms with Crippen LogP contribution in [0.2, 0.25) is 0 Å². The predicted molar refractivity (Wildman–Crippen MR) is 136 cm³/mol. The van der Waals surface area contributed by atoms with E-state index in [1.807, 2.05) is 16.7 Å². The van der Waals surface area contributed by atoms with Crippen LogP contribution in [0.15, 0.2) is 36.1 Å². The summed E-state index contributed by atoms with van der Waals surface area (Å²) in [6, 6.07) is 7.83. The molecule has 194 valence electrons. The van der Waals surface area contributed by atoms with Gasteiger partial charge in [-0.25, -0.2) is 0 Å². The van der Waals surface area contributed by atoms with Gasteiger partial charge in [-0.2, -0.15) is 0 Å². The summed E-state index contributed by atoms with van der Waals surface area (Å²) in [5.41, 5.74) is 1.59. The molecular weight excluding hydrogens is 478 g/mol. The summed E-state index contributed by atoms with van der Waals surface area (Å²) in [4.78, 5) is 30.3. The summed E-state index contributed by atoms with van der Waals surface area (Å²) in [5, 5.41) is 30.7. The first-order valence-electron chi connectivity index (χ1n) is 12.0. The van der Waals surface area contributed by atoms with Crippen molar-refractivity contribution in [1.82, 2.24) is 14.4 Å². The van der Waals surface area contributed by atoms with Crippen molar-refractivity contribution in [1.29, 1.82) is 0 Å². The number of carbonyl (C=O) groups excluding carboxylic acids is 2. The van der Waals surface area contributed by atoms with Crippen molar-refractivity contribution in [3.05, 3.63) is 52.9 Å². The molecule has 1 atom stereocenters. The SMILES string of the molecule is COc1ccc2c(c1)c(/C=C1\Oc3cc(O)cc(O)c3C1=O)c(C(=O)N(C)C)n2CCN1CCC(O)C1. The first kappa shape index (κ1) is 24.7. The smallest absolute Gasteiger partial charge is 0.270 e. The van der Waals surface area contributed by atoms with Crippen LogP contribution >= 0.6 is 0 Å². The zero-order valence-electron chi connectivity index (χ0n) is 20.9. The van der Waals surface area contributed by atoms with Crippen molar-refractivity contribution in [2.45, 2.75) is 19.1 Å². The lowest BCUT2D eigenvalue weighted by atomic mass is 10.1. The van der Waals surface area contributed by atoms with Crippen LogP contribution in [-0.2, 0) is 6.54 Å². The third-order valence-electron chi connectivity index (χ3n) is 6.82. The number of aromatic hydroxyl groups is 2. The second-order valence-electron chi connectivity index (χ2n) is 9.52. The van der Waals surface area contributed by atoms with Crippen LogP contribution in [0, 0.1) is 0 Å². The first-order chi connectivity index (χ1) is 17.7. The maximum atomic E-state index is 13.5. The number of aliphatic hydroxyl groups excluding tert-OH is 1. The molecule has 0 bridgehead atoms. The normalized spacial score (nSPS) is 18.4. The van der Waals surface area contributed by atoms with E-state index in [0.29, 0.717) is 48.4 Å². The van der Waals surface area contributed by atoms with Gasteiger partial charge in [0.2, 0.25) is 5.78 Å². The van der Waals surface area contributed by atoms with Gasteiger partial charge in [-0.3, -0.25) is 14.5 Å². The Morgan fingerprint density at radius 2 is 2.00 bits per heavy atom. The molecule has 3 heterocycles. The van der Waals surface area contributed by atoms with Gasteiger partial charge in [0.1, 0.15) is 34.3 Å². The summed E-state index contributed by atoms with van der Waals surface area (Å²) in [6.45, 7) is 2.47. The summed E-state index contributed by atoms with van der Waals surface area (Å²) in [7, 11) is 4.87. The Bertz CT molecular complexity index is 1440. The fraction of sp³-hybridized carbons (Fsp3) is 0.333. The molecule has 1 amide bonds. The average Bonchev–Trinajstić information content (AvgIpc) is 3.50. The highest BCUT2D eigenvalue weighted by Crippen LogP contribution is 2.41. The van der Waals surface area contributed by atoms with Crippen molar-refractivity contribution < 1.29 is 34.4 Å². The molecule has 1 aromatic heterocycles. The molecule has 1 unspecified atom stereocenters. The number of allylic oxidation sites excluding steroid dienone is 1. The van der Waals surface area contributed by atoms with Gasteiger partial charge in [-0.05, 0) is 30.7 Å². The van der Waals surface area contributed by atoms with Crippen LogP contribution in [-0.4, -0.2) is 88.3 Å². The van der Waals surface area contributed by atoms with E-state index in [4.69, 9.17) is 9.47 Å². The molecule has 2 aliphatic heterocycles. The Morgan fingerprint density at radius 3 is 2.68 bits per heavy atom. The maximum absolute atomic E-state index is 13.5. The Hall–Kier alpha value is -4.02. The van der Waals surface area contributed by atoms with Gasteiger partial charge in [0, 0.05) is 68.9 Å². The van der Waals surface area contributed by atoms with Crippen LogP contribution in [0.5, 0.6) is 23.0 Å². The predicted octanol–water partition coefficient (Wildman–Crippen LogP) is 2.45. The van der Waals surface area contributed by atoms with Crippen molar-refractivity contribution in [2.24, 2.45) is 0 Å². The lowest BCUT2D eigenvalue weighted by molar-refractivity contribution is 0.0816. The van der Waals surface area contributed by atoms with Gasteiger partial charge in [-0.1, -0.05) is 0 Å². The minimum absolute atomic E-state index is 0.0431. The van der Waals surface area contributed by atoms with Gasteiger partial charge in [0.05, 0.1) is 13.2 Å². The summed E-state index contributed by atoms with van der Waals surface area (Å²) in [6.07, 6.45) is 1.87. The number of phenolic OH excluding ortho intramolecular Hbond substituents is 2. The maximum Gasteiger partial charge on any atom is 0.270 e. The molecule has 2 aliphatic rings. The fourth-order valence-electron chi connectivity index (χ4n) is 4.97. The molecule has 3 N–H and O–H groups in total. The number of hydrogen-bond acceptors (Lipinski definition) is 8. The van der Waals surface area contributed by atoms with Crippen molar-refractivity contribution in [3.8, 4) is 23.0 Å². The Morgan fingerprint density at radius 1 is 1.22 bits per heavy atom. The first-order valence-corrected chi connectivity index (χ1v) is 12.0. The standard InChI is InChI=1S/C27H29N3O7/c1-28(2)27(35)25-19(13-23-26(34)24-21(33)10-16(32)11-22(24)37-23)18-12-17(36-3)4-5-20(18)30(25)9-8-29-7-6-15(31)14-29/h4-5,10-13,15,31-33H,6-9,14H2,1-3H3/b23-13-. The molecule has 10 heteroatoms. The highest BCUT2D eigenvalue weighted by atomic mass is 16.5. The van der Waals surface area contributed by atoms with Crippen molar-refractivity contribution in [2.75, 3.05) is 40.8 Å². The number of ketones is 1. The minimum atomic E-state index is -0.550. The molecule has 0 aliphatic carbocycles. The van der Waals surface area contributed by atoms with Gasteiger partial charge in [0.25, 0.3) is 5.91 Å². The van der Waals surface area contributed by atoms with Gasteiger partial charge < -0.3 is 34.3 Å². The van der Waals surface area contributed by atoms with Crippen LogP contribution in [0.3, 0.4) is 0 Å². The average molecular weight is 508 g/mol. The number of β-amino-alcohol motifs (C(OH)–C–C–N with tert-alkyl or cyclic N) is 1. The molecule has 0 radical (unpaired) electrons. The van der Waals surface area contributed by atoms with E-state index in [2.05, 4.69) is 4.90 Å². The van der Waals surface area contributed by atoms with Gasteiger partial charge >= 0.3 is 0 Å². The molecule has 10 nitrogen and oxygen atoms in total. The van der Waals surface area contributed by atoms with Crippen LogP contribution in [0.1, 0.15) is 32.8 Å². The Balaban J connectivity index is 1.67. The van der Waals surface area contributed by atoms with E-state index in [1.165, 1.54) is 17.0 Å². The molecule has 0 spiro atoms. The zero-order valence-corrected chi connectivity index (χ0v) is 20.9. The van der Waals surface area contributed by atoms with Gasteiger partial charge in [0.15, 0.2) is 5.76 Å². The van der Waals surface area contributed by atoms with Crippen molar-refractivity contribution in [3.63, 3.8) is 0 Å². The molecule has 2 aromatic carbocycles. The second kappa shape index (κ2) is 9.45. The number of Topliss-reactive ketones (excluding diaryl/α,β-unsaturated/α-hetero) is 1.